The van der Waals surface area contributed by atoms with Gasteiger partial charge in [-0.1, -0.05) is 12.1 Å². The second kappa shape index (κ2) is 5.02. The van der Waals surface area contributed by atoms with E-state index in [1.165, 1.54) is 6.07 Å². The van der Waals surface area contributed by atoms with Crippen LogP contribution in [0.5, 0.6) is 0 Å². The monoisotopic (exact) mass is 258 g/mol. The number of hydrogen-bond donors (Lipinski definition) is 1. The fourth-order valence-electron chi connectivity index (χ4n) is 1.84. The molecule has 2 nitrogen and oxygen atoms in total. The summed E-state index contributed by atoms with van der Waals surface area (Å²) in [5, 5.41) is 9.06. The number of alkyl halides is 3. The van der Waals surface area contributed by atoms with Gasteiger partial charge in [-0.3, -0.25) is 0 Å². The van der Waals surface area contributed by atoms with Gasteiger partial charge in [0.15, 0.2) is 0 Å². The van der Waals surface area contributed by atoms with E-state index in [0.717, 1.165) is 12.1 Å². The zero-order chi connectivity index (χ0) is 13.2. The Hall–Kier alpha value is -1.49. The topological polar surface area (TPSA) is 29.5 Å². The summed E-state index contributed by atoms with van der Waals surface area (Å²) in [6.45, 7) is 0.388. The molecule has 1 atom stereocenters. The predicted octanol–water partition coefficient (Wildman–Crippen LogP) is 3.08. The third kappa shape index (κ3) is 2.85. The molecule has 0 fully saturated rings. The first-order valence-corrected chi connectivity index (χ1v) is 5.64. The molecule has 0 bridgehead atoms. The molecule has 2 rings (SSSR count). The standard InChI is InChI=1S/C13H13F3O2/c14-13(15,16)11-3-1-2-10(7-11)12-6-9(8-17)4-5-18-12/h1-3,6-7,9,17H,4-5,8H2. The molecule has 0 saturated heterocycles. The van der Waals surface area contributed by atoms with Gasteiger partial charge in [0.2, 0.25) is 0 Å². The molecule has 5 heteroatoms. The highest BCUT2D eigenvalue weighted by Crippen LogP contribution is 2.32. The molecule has 1 aliphatic rings. The Kier molecular flexibility index (Phi) is 3.61. The molecular weight excluding hydrogens is 245 g/mol. The maximum atomic E-state index is 12.6. The van der Waals surface area contributed by atoms with Gasteiger partial charge in [-0.05, 0) is 24.6 Å². The van der Waals surface area contributed by atoms with Gasteiger partial charge in [0.25, 0.3) is 0 Å². The van der Waals surface area contributed by atoms with E-state index in [2.05, 4.69) is 0 Å². The van der Waals surface area contributed by atoms with Crippen molar-refractivity contribution in [3.63, 3.8) is 0 Å². The van der Waals surface area contributed by atoms with Crippen LogP contribution in [0.1, 0.15) is 17.5 Å². The third-order valence-corrected chi connectivity index (χ3v) is 2.84. The van der Waals surface area contributed by atoms with Crippen molar-refractivity contribution in [3.05, 3.63) is 41.5 Å². The average Bonchev–Trinajstić information content (AvgIpc) is 2.38. The van der Waals surface area contributed by atoms with E-state index in [0.29, 0.717) is 24.4 Å². The van der Waals surface area contributed by atoms with Crippen molar-refractivity contribution >= 4 is 5.76 Å². The summed E-state index contributed by atoms with van der Waals surface area (Å²) in [4.78, 5) is 0. The first-order chi connectivity index (χ1) is 8.50. The van der Waals surface area contributed by atoms with Crippen LogP contribution in [0.3, 0.4) is 0 Å². The number of aliphatic hydroxyl groups is 1. The van der Waals surface area contributed by atoms with Crippen molar-refractivity contribution in [2.45, 2.75) is 12.6 Å². The highest BCUT2D eigenvalue weighted by atomic mass is 19.4. The number of rotatable bonds is 2. The van der Waals surface area contributed by atoms with Crippen molar-refractivity contribution in [1.82, 2.24) is 0 Å². The normalized spacial score (nSPS) is 20.2. The Balaban J connectivity index is 2.31. The highest BCUT2D eigenvalue weighted by Gasteiger charge is 2.30. The van der Waals surface area contributed by atoms with Crippen LogP contribution in [0.4, 0.5) is 13.2 Å². The molecule has 0 aromatic heterocycles. The fourth-order valence-corrected chi connectivity index (χ4v) is 1.84. The minimum Gasteiger partial charge on any atom is -0.493 e. The second-order valence-electron chi connectivity index (χ2n) is 4.19. The molecule has 98 valence electrons. The summed E-state index contributed by atoms with van der Waals surface area (Å²) in [5.41, 5.74) is -0.307. The van der Waals surface area contributed by atoms with Gasteiger partial charge >= 0.3 is 6.18 Å². The SMILES string of the molecule is OCC1C=C(c2cccc(C(F)(F)F)c2)OCC1. The Morgan fingerprint density at radius 3 is 2.78 bits per heavy atom. The van der Waals surface area contributed by atoms with Crippen molar-refractivity contribution < 1.29 is 23.0 Å². The lowest BCUT2D eigenvalue weighted by atomic mass is 10.0. The molecule has 0 amide bonds. The summed E-state index contributed by atoms with van der Waals surface area (Å²) >= 11 is 0. The molecule has 18 heavy (non-hydrogen) atoms. The van der Waals surface area contributed by atoms with E-state index in [1.807, 2.05) is 0 Å². The van der Waals surface area contributed by atoms with Gasteiger partial charge in [-0.15, -0.1) is 0 Å². The van der Waals surface area contributed by atoms with Gasteiger partial charge in [0.1, 0.15) is 5.76 Å². The molecule has 0 spiro atoms. The van der Waals surface area contributed by atoms with E-state index in [9.17, 15) is 13.2 Å². The lowest BCUT2D eigenvalue weighted by molar-refractivity contribution is -0.137. The van der Waals surface area contributed by atoms with Crippen LogP contribution in [0, 0.1) is 5.92 Å². The van der Waals surface area contributed by atoms with E-state index in [4.69, 9.17) is 9.84 Å². The first-order valence-electron chi connectivity index (χ1n) is 5.64. The zero-order valence-corrected chi connectivity index (χ0v) is 9.57. The van der Waals surface area contributed by atoms with Crippen LogP contribution in [0.25, 0.3) is 5.76 Å². The smallest absolute Gasteiger partial charge is 0.416 e. The molecule has 0 saturated carbocycles. The highest BCUT2D eigenvalue weighted by molar-refractivity contribution is 5.61. The van der Waals surface area contributed by atoms with Gasteiger partial charge in [-0.2, -0.15) is 13.2 Å². The number of ether oxygens (including phenoxy) is 1. The third-order valence-electron chi connectivity index (χ3n) is 2.84. The molecule has 1 aliphatic heterocycles. The predicted molar refractivity (Wildman–Crippen MR) is 60.6 cm³/mol. The van der Waals surface area contributed by atoms with Crippen LogP contribution in [-0.4, -0.2) is 18.3 Å². The van der Waals surface area contributed by atoms with E-state index >= 15 is 0 Å². The molecule has 1 heterocycles. The van der Waals surface area contributed by atoms with E-state index in [-0.39, 0.29) is 12.5 Å². The molecule has 0 aliphatic carbocycles. The summed E-state index contributed by atoms with van der Waals surface area (Å²) in [6.07, 6.45) is -2.00. The average molecular weight is 258 g/mol. The van der Waals surface area contributed by atoms with Crippen molar-refractivity contribution in [3.8, 4) is 0 Å². The lowest BCUT2D eigenvalue weighted by Gasteiger charge is -2.21. The number of benzene rings is 1. The Labute approximate surface area is 103 Å². The lowest BCUT2D eigenvalue weighted by Crippen LogP contribution is -2.14. The van der Waals surface area contributed by atoms with Gasteiger partial charge in [-0.25, -0.2) is 0 Å². The van der Waals surface area contributed by atoms with Crippen molar-refractivity contribution in [2.75, 3.05) is 13.2 Å². The number of hydrogen-bond acceptors (Lipinski definition) is 2. The van der Waals surface area contributed by atoms with Crippen molar-refractivity contribution in [2.24, 2.45) is 5.92 Å². The summed E-state index contributed by atoms with van der Waals surface area (Å²) in [7, 11) is 0. The van der Waals surface area contributed by atoms with Crippen molar-refractivity contribution in [1.29, 1.82) is 0 Å². The number of halogens is 3. The summed E-state index contributed by atoms with van der Waals surface area (Å²) in [5.74, 6) is 0.356. The minimum absolute atomic E-state index is 0.0220. The number of aliphatic hydroxyl groups excluding tert-OH is 1. The summed E-state index contributed by atoms with van der Waals surface area (Å²) in [6, 6.07) is 5.01. The fraction of sp³-hybridized carbons (Fsp3) is 0.385. The minimum atomic E-state index is -4.36. The van der Waals surface area contributed by atoms with Gasteiger partial charge in [0.05, 0.1) is 12.2 Å². The summed E-state index contributed by atoms with van der Waals surface area (Å²) < 4.78 is 43.1. The molecular formula is C13H13F3O2. The molecule has 1 unspecified atom stereocenters. The molecule has 0 radical (unpaired) electrons. The molecule has 1 aromatic rings. The Bertz CT molecular complexity index is 452. The Morgan fingerprint density at radius 1 is 1.33 bits per heavy atom. The largest absolute Gasteiger partial charge is 0.493 e. The second-order valence-corrected chi connectivity index (χ2v) is 4.19. The van der Waals surface area contributed by atoms with Crippen LogP contribution in [0.2, 0.25) is 0 Å². The van der Waals surface area contributed by atoms with Gasteiger partial charge in [0, 0.05) is 18.1 Å². The maximum absolute atomic E-state index is 12.6. The van der Waals surface area contributed by atoms with Crippen LogP contribution < -0.4 is 0 Å². The van der Waals surface area contributed by atoms with E-state index in [1.54, 1.807) is 12.1 Å². The van der Waals surface area contributed by atoms with Crippen LogP contribution >= 0.6 is 0 Å². The van der Waals surface area contributed by atoms with E-state index < -0.39 is 11.7 Å². The maximum Gasteiger partial charge on any atom is 0.416 e. The van der Waals surface area contributed by atoms with Gasteiger partial charge < -0.3 is 9.84 Å². The molecule has 1 N–H and O–H groups in total. The quantitative estimate of drug-likeness (QED) is 0.883. The Morgan fingerprint density at radius 2 is 2.11 bits per heavy atom. The van der Waals surface area contributed by atoms with Crippen LogP contribution in [-0.2, 0) is 10.9 Å². The molecule has 1 aromatic carbocycles. The first kappa shape index (κ1) is 13.0. The zero-order valence-electron chi connectivity index (χ0n) is 9.57. The van der Waals surface area contributed by atoms with Crippen LogP contribution in [0.15, 0.2) is 30.3 Å².